The Balaban J connectivity index is 1.94. The molecule has 0 spiro atoms. The topological polar surface area (TPSA) is 82.5 Å². The zero-order valence-electron chi connectivity index (χ0n) is 11.6. The summed E-state index contributed by atoms with van der Waals surface area (Å²) < 4.78 is 1.65. The standard InChI is InChI=1S/C16H12N6/c17-15-12-8-4-5-9-14(12)18-10-13(15)16-19-20-21-22(16)11-6-2-1-3-7-11/h1-10H,(H2,17,18). The lowest BCUT2D eigenvalue weighted by atomic mass is 10.1. The van der Waals surface area contributed by atoms with Crippen molar-refractivity contribution in [2.24, 2.45) is 0 Å². The van der Waals surface area contributed by atoms with Gasteiger partial charge < -0.3 is 5.73 Å². The normalized spacial score (nSPS) is 10.9. The van der Waals surface area contributed by atoms with Gasteiger partial charge in [0, 0.05) is 11.6 Å². The van der Waals surface area contributed by atoms with Crippen LogP contribution >= 0.6 is 0 Å². The smallest absolute Gasteiger partial charge is 0.190 e. The van der Waals surface area contributed by atoms with E-state index in [1.54, 1.807) is 10.9 Å². The summed E-state index contributed by atoms with van der Waals surface area (Å²) in [7, 11) is 0. The van der Waals surface area contributed by atoms with Crippen molar-refractivity contribution in [2.45, 2.75) is 0 Å². The van der Waals surface area contributed by atoms with Crippen molar-refractivity contribution in [3.05, 3.63) is 60.8 Å². The first-order valence-corrected chi connectivity index (χ1v) is 6.82. The Bertz CT molecular complexity index is 945. The van der Waals surface area contributed by atoms with E-state index < -0.39 is 0 Å². The highest BCUT2D eigenvalue weighted by molar-refractivity contribution is 5.96. The SMILES string of the molecule is Nc1c(-c2nnnn2-c2ccccc2)cnc2ccccc12. The predicted octanol–water partition coefficient (Wildman–Crippen LogP) is 2.46. The van der Waals surface area contributed by atoms with Gasteiger partial charge in [-0.25, -0.2) is 0 Å². The molecule has 0 saturated carbocycles. The van der Waals surface area contributed by atoms with Gasteiger partial charge in [0.1, 0.15) is 0 Å². The maximum absolute atomic E-state index is 6.31. The highest BCUT2D eigenvalue weighted by Gasteiger charge is 2.15. The third-order valence-corrected chi connectivity index (χ3v) is 3.53. The molecule has 2 heterocycles. The summed E-state index contributed by atoms with van der Waals surface area (Å²) in [6, 6.07) is 17.4. The zero-order valence-corrected chi connectivity index (χ0v) is 11.6. The molecule has 22 heavy (non-hydrogen) atoms. The van der Waals surface area contributed by atoms with Gasteiger partial charge in [-0.05, 0) is 28.6 Å². The Hall–Kier alpha value is -3.28. The Morgan fingerprint density at radius 1 is 0.909 bits per heavy atom. The van der Waals surface area contributed by atoms with Crippen LogP contribution in [0.5, 0.6) is 0 Å². The molecular formula is C16H12N6. The number of benzene rings is 2. The molecule has 2 N–H and O–H groups in total. The maximum atomic E-state index is 6.31. The van der Waals surface area contributed by atoms with Gasteiger partial charge in [-0.3, -0.25) is 4.98 Å². The molecule has 6 heteroatoms. The number of rotatable bonds is 2. The number of hydrogen-bond donors (Lipinski definition) is 1. The van der Waals surface area contributed by atoms with Gasteiger partial charge in [0.05, 0.1) is 22.5 Å². The third-order valence-electron chi connectivity index (χ3n) is 3.53. The summed E-state index contributed by atoms with van der Waals surface area (Å²) in [5.74, 6) is 0.571. The zero-order chi connectivity index (χ0) is 14.9. The van der Waals surface area contributed by atoms with E-state index in [0.29, 0.717) is 17.1 Å². The summed E-state index contributed by atoms with van der Waals surface area (Å²) in [4.78, 5) is 4.44. The van der Waals surface area contributed by atoms with Crippen LogP contribution in [-0.4, -0.2) is 25.2 Å². The Morgan fingerprint density at radius 3 is 2.55 bits per heavy atom. The molecule has 0 fully saturated rings. The monoisotopic (exact) mass is 288 g/mol. The third kappa shape index (κ3) is 1.89. The fraction of sp³-hybridized carbons (Fsp3) is 0. The summed E-state index contributed by atoms with van der Waals surface area (Å²) in [6.45, 7) is 0. The molecule has 106 valence electrons. The lowest BCUT2D eigenvalue weighted by molar-refractivity contribution is 0.791. The largest absolute Gasteiger partial charge is 0.398 e. The molecule has 0 aliphatic heterocycles. The molecule has 0 bridgehead atoms. The average Bonchev–Trinajstić information content (AvgIpc) is 3.06. The average molecular weight is 288 g/mol. The van der Waals surface area contributed by atoms with Gasteiger partial charge >= 0.3 is 0 Å². The molecule has 2 aromatic heterocycles. The Labute approximate surface area is 126 Å². The van der Waals surface area contributed by atoms with E-state index in [2.05, 4.69) is 20.5 Å². The van der Waals surface area contributed by atoms with Crippen LogP contribution in [0.1, 0.15) is 0 Å². The quantitative estimate of drug-likeness (QED) is 0.612. The molecule has 0 aliphatic carbocycles. The summed E-state index contributed by atoms with van der Waals surface area (Å²) in [6.07, 6.45) is 1.71. The van der Waals surface area contributed by atoms with Crippen LogP contribution < -0.4 is 5.73 Å². The molecular weight excluding hydrogens is 276 g/mol. The van der Waals surface area contributed by atoms with Crippen LogP contribution in [0.25, 0.3) is 28.0 Å². The lowest BCUT2D eigenvalue weighted by Crippen LogP contribution is -2.02. The molecule has 2 aromatic carbocycles. The first kappa shape index (κ1) is 12.5. The van der Waals surface area contributed by atoms with Crippen molar-refractivity contribution in [3.8, 4) is 17.1 Å². The van der Waals surface area contributed by atoms with E-state index >= 15 is 0 Å². The van der Waals surface area contributed by atoms with Crippen LogP contribution in [0.3, 0.4) is 0 Å². The fourth-order valence-corrected chi connectivity index (χ4v) is 2.44. The van der Waals surface area contributed by atoms with Crippen LogP contribution in [0, 0.1) is 0 Å². The molecule has 0 saturated heterocycles. The minimum Gasteiger partial charge on any atom is -0.398 e. The van der Waals surface area contributed by atoms with Crippen LogP contribution in [-0.2, 0) is 0 Å². The number of para-hydroxylation sites is 2. The van der Waals surface area contributed by atoms with Crippen molar-refractivity contribution in [3.63, 3.8) is 0 Å². The van der Waals surface area contributed by atoms with Gasteiger partial charge in [-0.2, -0.15) is 4.68 Å². The van der Waals surface area contributed by atoms with Crippen molar-refractivity contribution in [2.75, 3.05) is 5.73 Å². The molecule has 0 amide bonds. The van der Waals surface area contributed by atoms with Gasteiger partial charge in [-0.1, -0.05) is 36.4 Å². The number of nitrogens with two attached hydrogens (primary N) is 1. The van der Waals surface area contributed by atoms with E-state index in [9.17, 15) is 0 Å². The first-order valence-electron chi connectivity index (χ1n) is 6.82. The number of aromatic nitrogens is 5. The van der Waals surface area contributed by atoms with Crippen LogP contribution in [0.4, 0.5) is 5.69 Å². The van der Waals surface area contributed by atoms with E-state index in [4.69, 9.17) is 5.73 Å². The lowest BCUT2D eigenvalue weighted by Gasteiger charge is -2.08. The molecule has 0 unspecified atom stereocenters. The van der Waals surface area contributed by atoms with Gasteiger partial charge in [0.15, 0.2) is 5.82 Å². The molecule has 0 atom stereocenters. The fourth-order valence-electron chi connectivity index (χ4n) is 2.44. The second-order valence-corrected chi connectivity index (χ2v) is 4.85. The second kappa shape index (κ2) is 4.92. The van der Waals surface area contributed by atoms with Crippen molar-refractivity contribution >= 4 is 16.6 Å². The van der Waals surface area contributed by atoms with Crippen LogP contribution in [0.15, 0.2) is 60.8 Å². The summed E-state index contributed by atoms with van der Waals surface area (Å²) in [5.41, 5.74) is 9.37. The van der Waals surface area contributed by atoms with Crippen molar-refractivity contribution < 1.29 is 0 Å². The number of tetrazole rings is 1. The number of hydrogen-bond acceptors (Lipinski definition) is 5. The molecule has 0 radical (unpaired) electrons. The Kier molecular flexibility index (Phi) is 2.79. The van der Waals surface area contributed by atoms with Gasteiger partial charge in [-0.15, -0.1) is 5.10 Å². The van der Waals surface area contributed by atoms with E-state index in [1.165, 1.54) is 0 Å². The number of pyridine rings is 1. The number of nitrogen functional groups attached to an aromatic ring is 1. The maximum Gasteiger partial charge on any atom is 0.190 e. The number of fused-ring (bicyclic) bond motifs is 1. The Morgan fingerprint density at radius 2 is 1.68 bits per heavy atom. The van der Waals surface area contributed by atoms with Gasteiger partial charge in [0.2, 0.25) is 0 Å². The predicted molar refractivity (Wildman–Crippen MR) is 84.3 cm³/mol. The molecule has 6 nitrogen and oxygen atoms in total. The van der Waals surface area contributed by atoms with Crippen LogP contribution in [0.2, 0.25) is 0 Å². The molecule has 0 aliphatic rings. The highest BCUT2D eigenvalue weighted by atomic mass is 15.5. The minimum absolute atomic E-state index is 0.571. The summed E-state index contributed by atoms with van der Waals surface area (Å²) in [5, 5.41) is 12.8. The van der Waals surface area contributed by atoms with Crippen molar-refractivity contribution in [1.82, 2.24) is 25.2 Å². The van der Waals surface area contributed by atoms with E-state index in [0.717, 1.165) is 16.6 Å². The molecule has 4 aromatic rings. The molecule has 4 rings (SSSR count). The van der Waals surface area contributed by atoms with Crippen molar-refractivity contribution in [1.29, 1.82) is 0 Å². The number of nitrogens with zero attached hydrogens (tertiary/aromatic N) is 5. The van der Waals surface area contributed by atoms with E-state index in [1.807, 2.05) is 54.6 Å². The number of anilines is 1. The minimum atomic E-state index is 0.571. The van der Waals surface area contributed by atoms with Gasteiger partial charge in [0.25, 0.3) is 0 Å². The highest BCUT2D eigenvalue weighted by Crippen LogP contribution is 2.30. The van der Waals surface area contributed by atoms with E-state index in [-0.39, 0.29) is 0 Å². The summed E-state index contributed by atoms with van der Waals surface area (Å²) >= 11 is 0. The second-order valence-electron chi connectivity index (χ2n) is 4.85. The first-order chi connectivity index (χ1) is 10.8.